The summed E-state index contributed by atoms with van der Waals surface area (Å²) in [5.41, 5.74) is 1.05. The van der Waals surface area contributed by atoms with Crippen LogP contribution in [0.4, 0.5) is 0 Å². The number of aliphatic hydroxyl groups excluding tert-OH is 1. The minimum absolute atomic E-state index is 0.0328. The Bertz CT molecular complexity index is 975. The van der Waals surface area contributed by atoms with Crippen molar-refractivity contribution in [2.45, 2.75) is 6.10 Å². The summed E-state index contributed by atoms with van der Waals surface area (Å²) in [6.45, 7) is 0.277. The first kappa shape index (κ1) is 17.1. The minimum atomic E-state index is -0.861. The highest BCUT2D eigenvalue weighted by Gasteiger charge is 2.15. The Morgan fingerprint density at radius 3 is 2.93 bits per heavy atom. The lowest BCUT2D eigenvalue weighted by molar-refractivity contribution is 0.0840. The van der Waals surface area contributed by atoms with Gasteiger partial charge in [0.15, 0.2) is 11.5 Å². The molecule has 1 atom stereocenters. The number of amides is 1. The second-order valence-electron chi connectivity index (χ2n) is 6.08. The summed E-state index contributed by atoms with van der Waals surface area (Å²) in [5.74, 6) is 1.49. The van der Waals surface area contributed by atoms with Gasteiger partial charge >= 0.3 is 0 Å². The average molecular weight is 366 g/mol. The van der Waals surface area contributed by atoms with E-state index < -0.39 is 6.10 Å². The van der Waals surface area contributed by atoms with E-state index in [1.807, 2.05) is 30.3 Å². The molecule has 0 fully saturated rings. The monoisotopic (exact) mass is 366 g/mol. The topological polar surface area (TPSA) is 89.9 Å². The Balaban J connectivity index is 1.29. The summed E-state index contributed by atoms with van der Waals surface area (Å²) in [4.78, 5) is 16.6. The predicted octanol–water partition coefficient (Wildman–Crippen LogP) is 2.13. The molecule has 2 aromatic carbocycles. The summed E-state index contributed by atoms with van der Waals surface area (Å²) in [5, 5.41) is 13.7. The van der Waals surface area contributed by atoms with E-state index >= 15 is 0 Å². The van der Waals surface area contributed by atoms with Crippen LogP contribution in [0, 0.1) is 0 Å². The lowest BCUT2D eigenvalue weighted by atomic mass is 10.2. The van der Waals surface area contributed by atoms with Crippen molar-refractivity contribution in [2.24, 2.45) is 0 Å². The number of nitrogens with one attached hydrogen (secondary N) is 1. The van der Waals surface area contributed by atoms with Crippen LogP contribution < -0.4 is 19.5 Å². The summed E-state index contributed by atoms with van der Waals surface area (Å²) in [7, 11) is 0. The highest BCUT2D eigenvalue weighted by molar-refractivity contribution is 5.94. The molecule has 0 spiro atoms. The second kappa shape index (κ2) is 7.51. The highest BCUT2D eigenvalue weighted by Crippen LogP contribution is 2.35. The number of carbonyl (C=O) groups is 1. The Morgan fingerprint density at radius 1 is 1.15 bits per heavy atom. The number of nitrogens with zero attached hydrogens (tertiary/aromatic N) is 1. The number of hydrogen-bond acceptors (Lipinski definition) is 6. The Hall–Kier alpha value is -3.32. The van der Waals surface area contributed by atoms with Crippen LogP contribution in [0.25, 0.3) is 10.9 Å². The molecule has 4 rings (SSSR count). The van der Waals surface area contributed by atoms with Crippen LogP contribution >= 0.6 is 0 Å². The molecule has 0 saturated carbocycles. The maximum atomic E-state index is 12.2. The predicted molar refractivity (Wildman–Crippen MR) is 98.1 cm³/mol. The smallest absolute Gasteiger partial charge is 0.269 e. The number of rotatable bonds is 6. The van der Waals surface area contributed by atoms with Gasteiger partial charge in [-0.3, -0.25) is 4.79 Å². The molecule has 27 heavy (non-hydrogen) atoms. The first-order valence-corrected chi connectivity index (χ1v) is 8.53. The van der Waals surface area contributed by atoms with Crippen molar-refractivity contribution >= 4 is 16.8 Å². The quantitative estimate of drug-likeness (QED) is 0.695. The van der Waals surface area contributed by atoms with Crippen molar-refractivity contribution in [1.82, 2.24) is 10.3 Å². The number of aromatic nitrogens is 1. The zero-order chi connectivity index (χ0) is 18.6. The number of para-hydroxylation sites is 1. The third-order valence-corrected chi connectivity index (χ3v) is 4.12. The lowest BCUT2D eigenvalue weighted by Crippen LogP contribution is -2.35. The summed E-state index contributed by atoms with van der Waals surface area (Å²) in [6, 6.07) is 16.3. The van der Waals surface area contributed by atoms with Gasteiger partial charge in [-0.2, -0.15) is 0 Å². The van der Waals surface area contributed by atoms with E-state index in [9.17, 15) is 9.90 Å². The number of pyridine rings is 1. The van der Waals surface area contributed by atoms with E-state index in [2.05, 4.69) is 10.3 Å². The number of benzene rings is 2. The number of aliphatic hydroxyl groups is 1. The molecular formula is C20H18N2O5. The fourth-order valence-electron chi connectivity index (χ4n) is 2.71. The van der Waals surface area contributed by atoms with Gasteiger partial charge in [0.25, 0.3) is 5.91 Å². The van der Waals surface area contributed by atoms with E-state index in [4.69, 9.17) is 14.2 Å². The molecule has 1 aliphatic heterocycles. The molecule has 2 N–H and O–H groups in total. The van der Waals surface area contributed by atoms with E-state index in [0.29, 0.717) is 22.9 Å². The van der Waals surface area contributed by atoms with E-state index in [-0.39, 0.29) is 25.9 Å². The molecule has 3 aromatic rings. The molecule has 1 unspecified atom stereocenters. The third-order valence-electron chi connectivity index (χ3n) is 4.12. The van der Waals surface area contributed by atoms with Crippen molar-refractivity contribution in [1.29, 1.82) is 0 Å². The molecule has 2 heterocycles. The van der Waals surface area contributed by atoms with Gasteiger partial charge in [-0.15, -0.1) is 0 Å². The zero-order valence-electron chi connectivity index (χ0n) is 14.4. The zero-order valence-corrected chi connectivity index (χ0v) is 14.4. The van der Waals surface area contributed by atoms with Crippen LogP contribution in [0.3, 0.4) is 0 Å². The molecule has 0 bridgehead atoms. The normalized spacial score (nSPS) is 13.4. The molecule has 1 amide bonds. The van der Waals surface area contributed by atoms with Gasteiger partial charge in [-0.1, -0.05) is 24.3 Å². The van der Waals surface area contributed by atoms with Crippen LogP contribution in [-0.2, 0) is 0 Å². The van der Waals surface area contributed by atoms with Gasteiger partial charge < -0.3 is 24.6 Å². The molecule has 0 saturated heterocycles. The number of carbonyl (C=O) groups excluding carboxylic acids is 1. The van der Waals surface area contributed by atoms with Gasteiger partial charge in [0.2, 0.25) is 6.79 Å². The lowest BCUT2D eigenvalue weighted by Gasteiger charge is -2.13. The van der Waals surface area contributed by atoms with Gasteiger partial charge in [0, 0.05) is 18.0 Å². The Labute approximate surface area is 155 Å². The molecular weight excluding hydrogens is 348 g/mol. The van der Waals surface area contributed by atoms with Gasteiger partial charge in [-0.25, -0.2) is 4.98 Å². The maximum Gasteiger partial charge on any atom is 0.269 e. The van der Waals surface area contributed by atoms with Gasteiger partial charge in [0.1, 0.15) is 24.2 Å². The first-order valence-electron chi connectivity index (χ1n) is 8.53. The number of fused-ring (bicyclic) bond motifs is 2. The molecule has 7 heteroatoms. The Morgan fingerprint density at radius 2 is 2.00 bits per heavy atom. The van der Waals surface area contributed by atoms with Crippen LogP contribution in [-0.4, -0.2) is 42.0 Å². The SMILES string of the molecule is O=C(NCC(O)COc1ccc2c(c1)OCO2)c1ccc2ccccc2n1. The number of hydrogen-bond donors (Lipinski definition) is 2. The van der Waals surface area contributed by atoms with Gasteiger partial charge in [0.05, 0.1) is 5.52 Å². The highest BCUT2D eigenvalue weighted by atomic mass is 16.7. The fourth-order valence-corrected chi connectivity index (χ4v) is 2.71. The van der Waals surface area contributed by atoms with Crippen molar-refractivity contribution in [3.63, 3.8) is 0 Å². The van der Waals surface area contributed by atoms with Crippen molar-refractivity contribution in [3.05, 3.63) is 60.3 Å². The third kappa shape index (κ3) is 3.93. The molecule has 138 valence electrons. The molecule has 0 aliphatic carbocycles. The molecule has 1 aliphatic rings. The molecule has 7 nitrogen and oxygen atoms in total. The molecule has 1 aromatic heterocycles. The Kier molecular flexibility index (Phi) is 4.76. The van der Waals surface area contributed by atoms with Crippen LogP contribution in [0.5, 0.6) is 17.2 Å². The van der Waals surface area contributed by atoms with E-state index in [1.54, 1.807) is 24.3 Å². The van der Waals surface area contributed by atoms with Crippen LogP contribution in [0.1, 0.15) is 10.5 Å². The summed E-state index contributed by atoms with van der Waals surface area (Å²) >= 11 is 0. The summed E-state index contributed by atoms with van der Waals surface area (Å²) in [6.07, 6.45) is -0.861. The van der Waals surface area contributed by atoms with Crippen LogP contribution in [0.15, 0.2) is 54.6 Å². The first-order chi connectivity index (χ1) is 13.2. The van der Waals surface area contributed by atoms with E-state index in [1.165, 1.54) is 0 Å². The van der Waals surface area contributed by atoms with E-state index in [0.717, 1.165) is 10.9 Å². The van der Waals surface area contributed by atoms with Gasteiger partial charge in [-0.05, 0) is 24.3 Å². The fraction of sp³-hybridized carbons (Fsp3) is 0.200. The maximum absolute atomic E-state index is 12.2. The standard InChI is InChI=1S/C20H18N2O5/c23-14(11-25-15-6-8-18-19(9-15)27-12-26-18)10-21-20(24)17-7-5-13-3-1-2-4-16(13)22-17/h1-9,14,23H,10-12H2,(H,21,24). The van der Waals surface area contributed by atoms with Crippen molar-refractivity contribution < 1.29 is 24.1 Å². The second-order valence-corrected chi connectivity index (χ2v) is 6.08. The number of ether oxygens (including phenoxy) is 3. The van der Waals surface area contributed by atoms with Crippen molar-refractivity contribution in [2.75, 3.05) is 19.9 Å². The average Bonchev–Trinajstić information content (AvgIpc) is 3.18. The largest absolute Gasteiger partial charge is 0.491 e. The summed E-state index contributed by atoms with van der Waals surface area (Å²) < 4.78 is 16.0. The van der Waals surface area contributed by atoms with Crippen molar-refractivity contribution in [3.8, 4) is 17.2 Å². The van der Waals surface area contributed by atoms with Crippen LogP contribution in [0.2, 0.25) is 0 Å². The minimum Gasteiger partial charge on any atom is -0.491 e. The molecule has 0 radical (unpaired) electrons.